The van der Waals surface area contributed by atoms with Gasteiger partial charge >= 0.3 is 0 Å². The number of methoxy groups -OCH3 is 1. The van der Waals surface area contributed by atoms with E-state index in [4.69, 9.17) is 4.74 Å². The Balaban J connectivity index is 1.87. The number of rotatable bonds is 4. The zero-order chi connectivity index (χ0) is 14.7. The zero-order valence-electron chi connectivity index (χ0n) is 12.4. The number of nitrogens with zero attached hydrogens (tertiary/aromatic N) is 1. The quantitative estimate of drug-likeness (QED) is 0.789. The Morgan fingerprint density at radius 2 is 2.00 bits per heavy atom. The molecule has 1 aromatic heterocycles. The van der Waals surface area contributed by atoms with Crippen LogP contribution in [-0.2, 0) is 0 Å². The predicted molar refractivity (Wildman–Crippen MR) is 91.1 cm³/mol. The Bertz CT molecular complexity index is 623. The maximum atomic E-state index is 5.65. The van der Waals surface area contributed by atoms with Crippen molar-refractivity contribution >= 4 is 32.5 Å². The summed E-state index contributed by atoms with van der Waals surface area (Å²) in [6.07, 6.45) is 6.77. The summed E-state index contributed by atoms with van der Waals surface area (Å²) < 4.78 is 6.47. The fourth-order valence-electron chi connectivity index (χ4n) is 3.16. The standard InChI is InChI=1S/C17H21BrN2O/c1-21-16-13-9-5-6-10-14(13)20-17(18)15(16)19-11-12-7-3-2-4-8-12/h5-6,9-10,12,19H,2-4,7-8,11H2,1H3. The van der Waals surface area contributed by atoms with E-state index in [0.29, 0.717) is 0 Å². The summed E-state index contributed by atoms with van der Waals surface area (Å²) in [5, 5.41) is 4.61. The van der Waals surface area contributed by atoms with Crippen LogP contribution in [0.25, 0.3) is 10.9 Å². The van der Waals surface area contributed by atoms with Gasteiger partial charge in [-0.05, 0) is 46.8 Å². The molecular formula is C17H21BrN2O. The molecule has 1 heterocycles. The summed E-state index contributed by atoms with van der Waals surface area (Å²) in [4.78, 5) is 4.62. The van der Waals surface area contributed by atoms with Crippen molar-refractivity contribution in [1.29, 1.82) is 0 Å². The number of fused-ring (bicyclic) bond motifs is 1. The van der Waals surface area contributed by atoms with Crippen LogP contribution in [0.2, 0.25) is 0 Å². The van der Waals surface area contributed by atoms with Gasteiger partial charge in [0.2, 0.25) is 0 Å². The van der Waals surface area contributed by atoms with Crippen LogP contribution in [0.1, 0.15) is 32.1 Å². The minimum atomic E-state index is 0.766. The molecule has 0 saturated heterocycles. The Labute approximate surface area is 134 Å². The number of pyridine rings is 1. The monoisotopic (exact) mass is 348 g/mol. The van der Waals surface area contributed by atoms with E-state index in [1.54, 1.807) is 7.11 Å². The fraction of sp³-hybridized carbons (Fsp3) is 0.471. The summed E-state index contributed by atoms with van der Waals surface area (Å²) in [5.41, 5.74) is 1.92. The van der Waals surface area contributed by atoms with Gasteiger partial charge in [-0.15, -0.1) is 0 Å². The minimum Gasteiger partial charge on any atom is -0.494 e. The van der Waals surface area contributed by atoms with Crippen LogP contribution in [0.15, 0.2) is 28.9 Å². The molecule has 0 spiro atoms. The summed E-state index contributed by atoms with van der Waals surface area (Å²) in [6.45, 7) is 0.995. The van der Waals surface area contributed by atoms with E-state index in [-0.39, 0.29) is 0 Å². The van der Waals surface area contributed by atoms with Gasteiger partial charge in [-0.25, -0.2) is 4.98 Å². The van der Waals surface area contributed by atoms with Crippen LogP contribution in [0.3, 0.4) is 0 Å². The highest BCUT2D eigenvalue weighted by Gasteiger charge is 2.17. The topological polar surface area (TPSA) is 34.1 Å². The Morgan fingerprint density at radius 1 is 1.24 bits per heavy atom. The van der Waals surface area contributed by atoms with Gasteiger partial charge in [-0.2, -0.15) is 0 Å². The van der Waals surface area contributed by atoms with Crippen LogP contribution in [0.4, 0.5) is 5.69 Å². The van der Waals surface area contributed by atoms with Gasteiger partial charge in [0, 0.05) is 11.9 Å². The highest BCUT2D eigenvalue weighted by molar-refractivity contribution is 9.10. The highest BCUT2D eigenvalue weighted by atomic mass is 79.9. The van der Waals surface area contributed by atoms with Gasteiger partial charge in [-0.1, -0.05) is 31.4 Å². The van der Waals surface area contributed by atoms with Crippen molar-refractivity contribution in [2.45, 2.75) is 32.1 Å². The lowest BCUT2D eigenvalue weighted by Gasteiger charge is -2.23. The van der Waals surface area contributed by atoms with Crippen molar-refractivity contribution < 1.29 is 4.74 Å². The number of aromatic nitrogens is 1. The number of nitrogens with one attached hydrogen (secondary N) is 1. The van der Waals surface area contributed by atoms with Crippen LogP contribution >= 0.6 is 15.9 Å². The SMILES string of the molecule is COc1c(NCC2CCCCC2)c(Br)nc2ccccc12. The third kappa shape index (κ3) is 3.15. The summed E-state index contributed by atoms with van der Waals surface area (Å²) in [6, 6.07) is 8.08. The molecule has 0 bridgehead atoms. The molecule has 2 aromatic rings. The van der Waals surface area contributed by atoms with Crippen molar-refractivity contribution in [2.75, 3.05) is 19.0 Å². The Kier molecular flexibility index (Phi) is 4.63. The minimum absolute atomic E-state index is 0.766. The molecule has 0 aliphatic heterocycles. The second-order valence-corrected chi connectivity index (χ2v) is 6.46. The first-order valence-corrected chi connectivity index (χ1v) is 8.45. The number of halogens is 1. The zero-order valence-corrected chi connectivity index (χ0v) is 13.9. The van der Waals surface area contributed by atoms with Gasteiger partial charge in [0.1, 0.15) is 10.3 Å². The first kappa shape index (κ1) is 14.6. The van der Waals surface area contributed by atoms with Crippen LogP contribution in [-0.4, -0.2) is 18.6 Å². The van der Waals surface area contributed by atoms with Gasteiger partial charge in [0.05, 0.1) is 12.6 Å². The molecule has 4 heteroatoms. The summed E-state index contributed by atoms with van der Waals surface area (Å²) >= 11 is 3.58. The second-order valence-electron chi connectivity index (χ2n) is 5.71. The first-order valence-electron chi connectivity index (χ1n) is 7.65. The van der Waals surface area contributed by atoms with E-state index in [0.717, 1.165) is 39.4 Å². The van der Waals surface area contributed by atoms with E-state index >= 15 is 0 Å². The molecule has 0 unspecified atom stereocenters. The maximum absolute atomic E-state index is 5.65. The van der Waals surface area contributed by atoms with Gasteiger partial charge in [0.15, 0.2) is 5.75 Å². The smallest absolute Gasteiger partial charge is 0.154 e. The lowest BCUT2D eigenvalue weighted by atomic mass is 9.89. The molecule has 3 nitrogen and oxygen atoms in total. The van der Waals surface area contributed by atoms with Crippen LogP contribution < -0.4 is 10.1 Å². The molecular weight excluding hydrogens is 328 g/mol. The molecule has 112 valence electrons. The average molecular weight is 349 g/mol. The highest BCUT2D eigenvalue weighted by Crippen LogP contribution is 2.38. The molecule has 0 amide bonds. The second kappa shape index (κ2) is 6.65. The Morgan fingerprint density at radius 3 is 2.76 bits per heavy atom. The number of benzene rings is 1. The van der Waals surface area contributed by atoms with E-state index < -0.39 is 0 Å². The Hall–Kier alpha value is -1.29. The molecule has 0 atom stereocenters. The molecule has 1 aliphatic rings. The number of hydrogen-bond donors (Lipinski definition) is 1. The largest absolute Gasteiger partial charge is 0.494 e. The van der Waals surface area contributed by atoms with E-state index in [9.17, 15) is 0 Å². The van der Waals surface area contributed by atoms with Crippen LogP contribution in [0, 0.1) is 5.92 Å². The van der Waals surface area contributed by atoms with Gasteiger partial charge in [0.25, 0.3) is 0 Å². The average Bonchev–Trinajstić information content (AvgIpc) is 2.53. The summed E-state index contributed by atoms with van der Waals surface area (Å²) in [5.74, 6) is 1.64. The van der Waals surface area contributed by atoms with Crippen molar-refractivity contribution in [3.63, 3.8) is 0 Å². The molecule has 0 radical (unpaired) electrons. The lowest BCUT2D eigenvalue weighted by molar-refractivity contribution is 0.372. The lowest BCUT2D eigenvalue weighted by Crippen LogP contribution is -2.18. The van der Waals surface area contributed by atoms with Crippen molar-refractivity contribution in [1.82, 2.24) is 4.98 Å². The molecule has 1 N–H and O–H groups in total. The van der Waals surface area contributed by atoms with Crippen molar-refractivity contribution in [3.8, 4) is 5.75 Å². The number of ether oxygens (including phenoxy) is 1. The third-order valence-corrected chi connectivity index (χ3v) is 4.87. The van der Waals surface area contributed by atoms with Gasteiger partial charge < -0.3 is 10.1 Å². The number of para-hydroxylation sites is 1. The number of hydrogen-bond acceptors (Lipinski definition) is 3. The molecule has 1 saturated carbocycles. The van der Waals surface area contributed by atoms with Crippen molar-refractivity contribution in [2.24, 2.45) is 5.92 Å². The number of anilines is 1. The summed E-state index contributed by atoms with van der Waals surface area (Å²) in [7, 11) is 1.72. The normalized spacial score (nSPS) is 16.1. The van der Waals surface area contributed by atoms with E-state index in [1.165, 1.54) is 32.1 Å². The third-order valence-electron chi connectivity index (χ3n) is 4.30. The molecule has 21 heavy (non-hydrogen) atoms. The van der Waals surface area contributed by atoms with E-state index in [2.05, 4.69) is 32.3 Å². The molecule has 1 aromatic carbocycles. The molecule has 3 rings (SSSR count). The van der Waals surface area contributed by atoms with Crippen LogP contribution in [0.5, 0.6) is 5.75 Å². The predicted octanol–water partition coefficient (Wildman–Crippen LogP) is 5.00. The molecule has 1 fully saturated rings. The fourth-order valence-corrected chi connectivity index (χ4v) is 3.67. The molecule has 1 aliphatic carbocycles. The van der Waals surface area contributed by atoms with Gasteiger partial charge in [-0.3, -0.25) is 0 Å². The maximum Gasteiger partial charge on any atom is 0.154 e. The van der Waals surface area contributed by atoms with Crippen molar-refractivity contribution in [3.05, 3.63) is 28.9 Å². The van der Waals surface area contributed by atoms with E-state index in [1.807, 2.05) is 18.2 Å². The first-order chi connectivity index (χ1) is 10.3.